The Morgan fingerprint density at radius 2 is 1.83 bits per heavy atom. The Bertz CT molecular complexity index is 570. The largest absolute Gasteiger partial charge is 0.416 e. The lowest BCUT2D eigenvalue weighted by Crippen LogP contribution is -2.59. The van der Waals surface area contributed by atoms with Crippen LogP contribution in [0.3, 0.4) is 0 Å². The van der Waals surface area contributed by atoms with Crippen LogP contribution >= 0.6 is 0 Å². The summed E-state index contributed by atoms with van der Waals surface area (Å²) in [7, 11) is 0. The molecule has 4 nitrogen and oxygen atoms in total. The van der Waals surface area contributed by atoms with E-state index in [-0.39, 0.29) is 12.1 Å². The summed E-state index contributed by atoms with van der Waals surface area (Å²) in [6.45, 7) is 1.66. The Morgan fingerprint density at radius 1 is 1.17 bits per heavy atom. The van der Waals surface area contributed by atoms with E-state index in [1.165, 1.54) is 12.1 Å². The molecule has 2 heterocycles. The number of aliphatic hydroxyl groups excluding tert-OH is 2. The second-order valence-corrected chi connectivity index (χ2v) is 6.65. The van der Waals surface area contributed by atoms with Crippen molar-refractivity contribution in [3.63, 3.8) is 0 Å². The maximum absolute atomic E-state index is 13.1. The van der Waals surface area contributed by atoms with Crippen LogP contribution in [0.5, 0.6) is 0 Å². The number of nitrogens with zero attached hydrogens (tertiary/aromatic N) is 1. The topological polar surface area (TPSA) is 52.9 Å². The molecule has 1 aromatic rings. The van der Waals surface area contributed by atoms with Gasteiger partial charge in [-0.25, -0.2) is 0 Å². The lowest BCUT2D eigenvalue weighted by molar-refractivity contribution is -0.214. The van der Waals surface area contributed by atoms with E-state index in [0.29, 0.717) is 39.0 Å². The van der Waals surface area contributed by atoms with Gasteiger partial charge in [-0.2, -0.15) is 13.2 Å². The monoisotopic (exact) mass is 345 g/mol. The summed E-state index contributed by atoms with van der Waals surface area (Å²) in [5.74, 6) is 0. The molecule has 2 N–H and O–H groups in total. The smallest absolute Gasteiger partial charge is 0.390 e. The molecule has 0 saturated carbocycles. The number of piperidine rings is 1. The van der Waals surface area contributed by atoms with Crippen LogP contribution in [0.4, 0.5) is 13.2 Å². The fourth-order valence-electron chi connectivity index (χ4n) is 3.68. The minimum absolute atomic E-state index is 0.213. The second kappa shape index (κ2) is 6.63. The van der Waals surface area contributed by atoms with E-state index >= 15 is 0 Å². The molecular weight excluding hydrogens is 323 g/mol. The van der Waals surface area contributed by atoms with Crippen molar-refractivity contribution in [3.05, 3.63) is 35.4 Å². The number of ether oxygens (including phenoxy) is 1. The number of likely N-dealkylation sites (tertiary alicyclic amines) is 1. The van der Waals surface area contributed by atoms with Gasteiger partial charge in [-0.15, -0.1) is 0 Å². The van der Waals surface area contributed by atoms with Gasteiger partial charge >= 0.3 is 6.18 Å². The summed E-state index contributed by atoms with van der Waals surface area (Å²) in [5, 5.41) is 20.1. The molecule has 2 fully saturated rings. The first kappa shape index (κ1) is 17.7. The van der Waals surface area contributed by atoms with Crippen LogP contribution in [-0.4, -0.2) is 52.6 Å². The normalized spacial score (nSPS) is 28.2. The number of halogens is 3. The number of benzene rings is 1. The summed E-state index contributed by atoms with van der Waals surface area (Å²) < 4.78 is 45.0. The summed E-state index contributed by atoms with van der Waals surface area (Å²) in [6.07, 6.45) is -4.68. The van der Waals surface area contributed by atoms with E-state index in [9.17, 15) is 23.4 Å². The van der Waals surface area contributed by atoms with Gasteiger partial charge in [0, 0.05) is 19.6 Å². The zero-order chi connectivity index (χ0) is 17.4. The first-order valence-electron chi connectivity index (χ1n) is 8.19. The van der Waals surface area contributed by atoms with E-state index in [4.69, 9.17) is 4.74 Å². The third-order valence-corrected chi connectivity index (χ3v) is 5.13. The van der Waals surface area contributed by atoms with Crippen LogP contribution in [0.25, 0.3) is 0 Å². The first-order valence-corrected chi connectivity index (χ1v) is 8.19. The first-order chi connectivity index (χ1) is 11.3. The fourth-order valence-corrected chi connectivity index (χ4v) is 3.68. The van der Waals surface area contributed by atoms with Gasteiger partial charge in [-0.1, -0.05) is 18.2 Å². The van der Waals surface area contributed by atoms with E-state index in [1.54, 1.807) is 6.07 Å². The number of alkyl halides is 3. The van der Waals surface area contributed by atoms with E-state index in [2.05, 4.69) is 0 Å². The number of hydrogen-bond donors (Lipinski definition) is 2. The zero-order valence-electron chi connectivity index (χ0n) is 13.3. The maximum atomic E-state index is 13.1. The van der Waals surface area contributed by atoms with Crippen LogP contribution in [0, 0.1) is 0 Å². The zero-order valence-corrected chi connectivity index (χ0v) is 13.3. The molecule has 0 aliphatic carbocycles. The van der Waals surface area contributed by atoms with E-state index < -0.39 is 29.5 Å². The number of rotatable bonds is 2. The van der Waals surface area contributed by atoms with Crippen LogP contribution in [0.2, 0.25) is 0 Å². The highest BCUT2D eigenvalue weighted by atomic mass is 19.4. The lowest BCUT2D eigenvalue weighted by atomic mass is 9.80. The molecule has 134 valence electrons. The highest BCUT2D eigenvalue weighted by molar-refractivity contribution is 5.29. The van der Waals surface area contributed by atoms with Crippen LogP contribution in [0.1, 0.15) is 30.4 Å². The maximum Gasteiger partial charge on any atom is 0.416 e. The molecule has 0 radical (unpaired) electrons. The van der Waals surface area contributed by atoms with Crippen molar-refractivity contribution in [1.82, 2.24) is 4.90 Å². The Morgan fingerprint density at radius 3 is 2.50 bits per heavy atom. The van der Waals surface area contributed by atoms with Crippen LogP contribution < -0.4 is 0 Å². The summed E-state index contributed by atoms with van der Waals surface area (Å²) >= 11 is 0. The van der Waals surface area contributed by atoms with Gasteiger partial charge in [0.1, 0.15) is 6.10 Å². The van der Waals surface area contributed by atoms with Crippen LogP contribution in [0.15, 0.2) is 24.3 Å². The molecule has 7 heteroatoms. The molecule has 0 amide bonds. The predicted molar refractivity (Wildman–Crippen MR) is 81.3 cm³/mol. The van der Waals surface area contributed by atoms with Gasteiger partial charge in [0.05, 0.1) is 23.9 Å². The fraction of sp³-hybridized carbons (Fsp3) is 0.647. The van der Waals surface area contributed by atoms with Crippen molar-refractivity contribution in [2.45, 2.75) is 49.8 Å². The molecule has 2 atom stereocenters. The van der Waals surface area contributed by atoms with Crippen molar-refractivity contribution in [1.29, 1.82) is 0 Å². The van der Waals surface area contributed by atoms with Gasteiger partial charge in [-0.3, -0.25) is 4.90 Å². The molecular formula is C17H22F3NO3. The average Bonchev–Trinajstić information content (AvgIpc) is 2.54. The highest BCUT2D eigenvalue weighted by Gasteiger charge is 2.47. The molecule has 24 heavy (non-hydrogen) atoms. The molecule has 2 aliphatic rings. The lowest BCUT2D eigenvalue weighted by Gasteiger charge is -2.48. The average molecular weight is 345 g/mol. The molecule has 2 saturated heterocycles. The Hall–Kier alpha value is -1.15. The Labute approximate surface area is 138 Å². The second-order valence-electron chi connectivity index (χ2n) is 6.65. The summed E-state index contributed by atoms with van der Waals surface area (Å²) in [4.78, 5) is 1.94. The molecule has 2 aliphatic heterocycles. The number of hydrogen-bond acceptors (Lipinski definition) is 4. The summed E-state index contributed by atoms with van der Waals surface area (Å²) in [5.41, 5.74) is -1.11. The predicted octanol–water partition coefficient (Wildman–Crippen LogP) is 2.18. The van der Waals surface area contributed by atoms with Crippen molar-refractivity contribution in [2.75, 3.05) is 19.7 Å². The molecule has 1 aromatic carbocycles. The van der Waals surface area contributed by atoms with E-state index in [0.717, 1.165) is 6.07 Å². The molecule has 3 rings (SSSR count). The van der Waals surface area contributed by atoms with Gasteiger partial charge in [-0.05, 0) is 30.9 Å². The minimum atomic E-state index is -4.36. The van der Waals surface area contributed by atoms with Crippen LogP contribution in [-0.2, 0) is 17.5 Å². The van der Waals surface area contributed by atoms with Gasteiger partial charge in [0.15, 0.2) is 0 Å². The van der Waals surface area contributed by atoms with Crippen molar-refractivity contribution in [2.24, 2.45) is 0 Å². The Balaban J connectivity index is 1.66. The number of aliphatic hydroxyl groups is 2. The molecule has 0 unspecified atom stereocenters. The third kappa shape index (κ3) is 3.44. The van der Waals surface area contributed by atoms with Gasteiger partial charge < -0.3 is 14.9 Å². The summed E-state index contributed by atoms with van der Waals surface area (Å²) in [6, 6.07) is 5.61. The molecule has 1 spiro atoms. The van der Waals surface area contributed by atoms with Crippen molar-refractivity contribution >= 4 is 0 Å². The van der Waals surface area contributed by atoms with E-state index in [1.807, 2.05) is 4.90 Å². The highest BCUT2D eigenvalue weighted by Crippen LogP contribution is 2.37. The minimum Gasteiger partial charge on any atom is -0.390 e. The third-order valence-electron chi connectivity index (χ3n) is 5.13. The van der Waals surface area contributed by atoms with Gasteiger partial charge in [0.2, 0.25) is 0 Å². The van der Waals surface area contributed by atoms with Crippen molar-refractivity contribution in [3.8, 4) is 0 Å². The van der Waals surface area contributed by atoms with Crippen molar-refractivity contribution < 1.29 is 28.1 Å². The molecule has 0 aromatic heterocycles. The standard InChI is InChI=1S/C17H22F3NO3/c18-17(19,20)13-4-2-1-3-12(13)11-21-8-6-16(7-9-21)15(23)14(22)5-10-24-16/h1-4,14-15,22-23H,5-11H2/t14-,15-/m0/s1. The quantitative estimate of drug-likeness (QED) is 0.863. The SMILES string of the molecule is O[C@H]1CCOC2(CCN(Cc3ccccc3C(F)(F)F)CC2)[C@H]1O. The van der Waals surface area contributed by atoms with Gasteiger partial charge in [0.25, 0.3) is 0 Å². The Kier molecular flexibility index (Phi) is 4.88. The molecule has 0 bridgehead atoms.